The fourth-order valence-corrected chi connectivity index (χ4v) is 4.36. The normalized spacial score (nSPS) is 10.9. The molecule has 176 valence electrons. The first-order valence-corrected chi connectivity index (χ1v) is 12.1. The van der Waals surface area contributed by atoms with Crippen LogP contribution in [0.5, 0.6) is 5.75 Å². The molecule has 2 aromatic heterocycles. The van der Waals surface area contributed by atoms with E-state index in [1.165, 1.54) is 0 Å². The fraction of sp³-hybridized carbons (Fsp3) is 0.269. The predicted molar refractivity (Wildman–Crippen MR) is 134 cm³/mol. The number of amides is 1. The van der Waals surface area contributed by atoms with E-state index in [2.05, 4.69) is 5.32 Å². The fourth-order valence-electron chi connectivity index (χ4n) is 3.46. The summed E-state index contributed by atoms with van der Waals surface area (Å²) in [6.07, 6.45) is 4.74. The van der Waals surface area contributed by atoms with Crippen LogP contribution in [0.4, 0.5) is 5.69 Å². The van der Waals surface area contributed by atoms with Crippen LogP contribution in [0.3, 0.4) is 0 Å². The van der Waals surface area contributed by atoms with Crippen LogP contribution in [0.15, 0.2) is 60.1 Å². The molecule has 0 radical (unpaired) electrons. The minimum atomic E-state index is -0.345. The number of methoxy groups -OCH3 is 1. The summed E-state index contributed by atoms with van der Waals surface area (Å²) in [4.78, 5) is 30.1. The molecule has 0 spiro atoms. The lowest BCUT2D eigenvalue weighted by molar-refractivity contribution is -0.116. The van der Waals surface area contributed by atoms with Crippen molar-refractivity contribution >= 4 is 33.9 Å². The smallest absolute Gasteiger partial charge is 0.338 e. The Labute approximate surface area is 202 Å². The Morgan fingerprint density at radius 3 is 2.56 bits per heavy atom. The Morgan fingerprint density at radius 2 is 1.85 bits per heavy atom. The number of aryl methyl sites for hydroxylation is 1. The summed E-state index contributed by atoms with van der Waals surface area (Å²) in [5.74, 6) is 0.369. The van der Waals surface area contributed by atoms with Gasteiger partial charge in [0.15, 0.2) is 4.96 Å². The van der Waals surface area contributed by atoms with Crippen molar-refractivity contribution in [3.8, 4) is 17.0 Å². The second kappa shape index (κ2) is 11.0. The number of unbranched alkanes of at least 4 members (excludes halogenated alkanes) is 1. The van der Waals surface area contributed by atoms with Gasteiger partial charge in [-0.1, -0.05) is 13.3 Å². The van der Waals surface area contributed by atoms with Gasteiger partial charge in [0.25, 0.3) is 0 Å². The summed E-state index contributed by atoms with van der Waals surface area (Å²) in [6.45, 7) is 2.46. The summed E-state index contributed by atoms with van der Waals surface area (Å²) >= 11 is 1.56. The number of fused-ring (bicyclic) bond motifs is 1. The number of nitrogens with one attached hydrogen (secondary N) is 1. The van der Waals surface area contributed by atoms with E-state index in [0.29, 0.717) is 30.7 Å². The van der Waals surface area contributed by atoms with Gasteiger partial charge in [-0.05, 0) is 61.4 Å². The molecule has 0 fully saturated rings. The SMILES string of the molecule is CCCCOC(=O)c1ccc(NC(=O)CCc2csc3nc(-c4ccc(OC)cc4)cn23)cc1. The highest BCUT2D eigenvalue weighted by molar-refractivity contribution is 7.15. The molecule has 0 bridgehead atoms. The van der Waals surface area contributed by atoms with Crippen LogP contribution in [0.25, 0.3) is 16.2 Å². The van der Waals surface area contributed by atoms with E-state index < -0.39 is 0 Å². The molecule has 2 heterocycles. The molecular weight excluding hydrogens is 450 g/mol. The molecule has 0 saturated heterocycles. The van der Waals surface area contributed by atoms with Gasteiger partial charge in [0.1, 0.15) is 5.75 Å². The van der Waals surface area contributed by atoms with Gasteiger partial charge >= 0.3 is 5.97 Å². The molecule has 1 amide bonds. The molecule has 8 heteroatoms. The number of hydrogen-bond acceptors (Lipinski definition) is 6. The van der Waals surface area contributed by atoms with E-state index in [4.69, 9.17) is 14.5 Å². The minimum Gasteiger partial charge on any atom is -0.497 e. The van der Waals surface area contributed by atoms with Gasteiger partial charge in [0.05, 0.1) is 25.0 Å². The van der Waals surface area contributed by atoms with Gasteiger partial charge in [-0.3, -0.25) is 9.20 Å². The Balaban J connectivity index is 1.33. The zero-order valence-corrected chi connectivity index (χ0v) is 20.1. The third-order valence-corrected chi connectivity index (χ3v) is 6.30. The van der Waals surface area contributed by atoms with E-state index in [-0.39, 0.29) is 11.9 Å². The first-order chi connectivity index (χ1) is 16.6. The molecule has 1 N–H and O–H groups in total. The molecule has 0 aliphatic heterocycles. The van der Waals surface area contributed by atoms with Crippen molar-refractivity contribution < 1.29 is 19.1 Å². The largest absolute Gasteiger partial charge is 0.497 e. The van der Waals surface area contributed by atoms with E-state index in [1.54, 1.807) is 42.7 Å². The summed E-state index contributed by atoms with van der Waals surface area (Å²) in [5, 5.41) is 4.92. The van der Waals surface area contributed by atoms with Gasteiger partial charge in [0, 0.05) is 34.9 Å². The van der Waals surface area contributed by atoms with Crippen LogP contribution in [-0.4, -0.2) is 35.0 Å². The van der Waals surface area contributed by atoms with Crippen molar-refractivity contribution in [3.63, 3.8) is 0 Å². The molecule has 4 rings (SSSR count). The van der Waals surface area contributed by atoms with Crippen molar-refractivity contribution in [3.05, 3.63) is 71.4 Å². The van der Waals surface area contributed by atoms with Crippen LogP contribution in [0.1, 0.15) is 42.2 Å². The molecule has 4 aromatic rings. The van der Waals surface area contributed by atoms with Crippen molar-refractivity contribution in [2.75, 3.05) is 19.0 Å². The lowest BCUT2D eigenvalue weighted by Gasteiger charge is -2.07. The molecule has 7 nitrogen and oxygen atoms in total. The number of carbonyl (C=O) groups is 2. The third-order valence-electron chi connectivity index (χ3n) is 5.41. The number of aromatic nitrogens is 2. The van der Waals surface area contributed by atoms with Crippen LogP contribution in [0, 0.1) is 0 Å². The number of anilines is 1. The highest BCUT2D eigenvalue weighted by Crippen LogP contribution is 2.26. The van der Waals surface area contributed by atoms with Gasteiger partial charge in [-0.2, -0.15) is 0 Å². The number of rotatable bonds is 10. The first kappa shape index (κ1) is 23.5. The molecule has 0 aliphatic carbocycles. The average Bonchev–Trinajstić information content (AvgIpc) is 3.45. The number of esters is 1. The monoisotopic (exact) mass is 477 g/mol. The molecule has 0 unspecified atom stereocenters. The summed E-state index contributed by atoms with van der Waals surface area (Å²) in [5.41, 5.74) is 4.05. The van der Waals surface area contributed by atoms with Crippen molar-refractivity contribution in [2.24, 2.45) is 0 Å². The Kier molecular flexibility index (Phi) is 7.59. The Morgan fingerprint density at radius 1 is 1.09 bits per heavy atom. The van der Waals surface area contributed by atoms with Gasteiger partial charge in [-0.25, -0.2) is 9.78 Å². The summed E-state index contributed by atoms with van der Waals surface area (Å²) in [7, 11) is 1.64. The Hall–Kier alpha value is -3.65. The van der Waals surface area contributed by atoms with Crippen LogP contribution < -0.4 is 10.1 Å². The zero-order valence-electron chi connectivity index (χ0n) is 19.2. The van der Waals surface area contributed by atoms with E-state index >= 15 is 0 Å². The minimum absolute atomic E-state index is 0.0897. The van der Waals surface area contributed by atoms with Gasteiger partial charge in [-0.15, -0.1) is 11.3 Å². The third kappa shape index (κ3) is 5.63. The number of thiazole rings is 1. The van der Waals surface area contributed by atoms with Gasteiger partial charge in [0.2, 0.25) is 5.91 Å². The maximum Gasteiger partial charge on any atom is 0.338 e. The van der Waals surface area contributed by atoms with Crippen molar-refractivity contribution in [1.82, 2.24) is 9.38 Å². The van der Waals surface area contributed by atoms with Crippen LogP contribution in [-0.2, 0) is 16.0 Å². The number of hydrogen-bond donors (Lipinski definition) is 1. The highest BCUT2D eigenvalue weighted by Gasteiger charge is 2.12. The van der Waals surface area contributed by atoms with Crippen molar-refractivity contribution in [2.45, 2.75) is 32.6 Å². The van der Waals surface area contributed by atoms with Crippen LogP contribution >= 0.6 is 11.3 Å². The molecule has 0 atom stereocenters. The topological polar surface area (TPSA) is 81.9 Å². The average molecular weight is 478 g/mol. The quantitative estimate of drug-likeness (QED) is 0.237. The standard InChI is InChI=1S/C26H27N3O4S/c1-3-4-15-33-25(31)19-5-9-20(10-6-19)27-24(30)14-11-21-17-34-26-28-23(16-29(21)26)18-7-12-22(32-2)13-8-18/h5-10,12-13,16-17H,3-4,11,14-15H2,1-2H3,(H,27,30). The lowest BCUT2D eigenvalue weighted by atomic mass is 10.1. The predicted octanol–water partition coefficient (Wildman–Crippen LogP) is 5.60. The number of imidazole rings is 1. The van der Waals surface area contributed by atoms with Crippen LogP contribution in [0.2, 0.25) is 0 Å². The zero-order chi connectivity index (χ0) is 23.9. The number of nitrogens with zero attached hydrogens (tertiary/aromatic N) is 2. The lowest BCUT2D eigenvalue weighted by Crippen LogP contribution is -2.13. The maximum atomic E-state index is 12.5. The van der Waals surface area contributed by atoms with Gasteiger partial charge < -0.3 is 14.8 Å². The maximum absolute atomic E-state index is 12.5. The molecule has 34 heavy (non-hydrogen) atoms. The number of carbonyl (C=O) groups excluding carboxylic acids is 2. The summed E-state index contributed by atoms with van der Waals surface area (Å²) < 4.78 is 12.5. The molecule has 0 aliphatic rings. The Bertz CT molecular complexity index is 1260. The second-order valence-electron chi connectivity index (χ2n) is 7.85. The van der Waals surface area contributed by atoms with E-state index in [1.807, 2.05) is 47.2 Å². The first-order valence-electron chi connectivity index (χ1n) is 11.2. The molecule has 2 aromatic carbocycles. The van der Waals surface area contributed by atoms with Crippen molar-refractivity contribution in [1.29, 1.82) is 0 Å². The second-order valence-corrected chi connectivity index (χ2v) is 8.69. The van der Waals surface area contributed by atoms with E-state index in [0.717, 1.165) is 40.5 Å². The molecular formula is C26H27N3O4S. The van der Waals surface area contributed by atoms with E-state index in [9.17, 15) is 9.59 Å². The highest BCUT2D eigenvalue weighted by atomic mass is 32.1. The molecule has 0 saturated carbocycles. The number of ether oxygens (including phenoxy) is 2. The number of benzene rings is 2. The summed E-state index contributed by atoms with van der Waals surface area (Å²) in [6, 6.07) is 14.5.